The zero-order chi connectivity index (χ0) is 24.0. The van der Waals surface area contributed by atoms with Crippen LogP contribution >= 0.6 is 23.2 Å². The molecule has 0 aliphatic rings. The normalized spacial score (nSPS) is 11.9. The average Bonchev–Trinajstić information content (AvgIpc) is 2.72. The van der Waals surface area contributed by atoms with Crippen molar-refractivity contribution >= 4 is 35.0 Å². The third kappa shape index (κ3) is 7.14. The molecule has 32 heavy (non-hydrogen) atoms. The highest BCUT2D eigenvalue weighted by molar-refractivity contribution is 6.35. The Bertz CT molecular complexity index is 976. The van der Waals surface area contributed by atoms with Gasteiger partial charge in [0.05, 0.1) is 0 Å². The topological polar surface area (TPSA) is 58.6 Å². The molecule has 1 N–H and O–H groups in total. The van der Waals surface area contributed by atoms with E-state index in [-0.39, 0.29) is 25.0 Å². The van der Waals surface area contributed by atoms with E-state index in [9.17, 15) is 9.59 Å². The number of carbonyl (C=O) groups is 2. The largest absolute Gasteiger partial charge is 0.483 e. The predicted molar refractivity (Wildman–Crippen MR) is 130 cm³/mol. The van der Waals surface area contributed by atoms with Crippen LogP contribution in [0.15, 0.2) is 30.3 Å². The van der Waals surface area contributed by atoms with Crippen LogP contribution in [0.25, 0.3) is 0 Å². The van der Waals surface area contributed by atoms with Gasteiger partial charge < -0.3 is 15.0 Å². The highest BCUT2D eigenvalue weighted by atomic mass is 35.5. The quantitative estimate of drug-likeness (QED) is 0.518. The first kappa shape index (κ1) is 26.0. The minimum Gasteiger partial charge on any atom is -0.483 e. The van der Waals surface area contributed by atoms with Gasteiger partial charge in [0.15, 0.2) is 6.61 Å². The second kappa shape index (κ2) is 11.6. The zero-order valence-electron chi connectivity index (χ0n) is 19.6. The Balaban J connectivity index is 2.24. The van der Waals surface area contributed by atoms with Crippen molar-refractivity contribution in [2.24, 2.45) is 5.92 Å². The van der Waals surface area contributed by atoms with Gasteiger partial charge in [-0.05, 0) is 74.1 Å². The summed E-state index contributed by atoms with van der Waals surface area (Å²) in [5, 5.41) is 3.85. The summed E-state index contributed by atoms with van der Waals surface area (Å²) in [6.45, 7) is 12.2. The van der Waals surface area contributed by atoms with Crippen molar-refractivity contribution in [3.05, 3.63) is 62.6 Å². The molecule has 2 aromatic rings. The molecule has 0 saturated carbocycles. The van der Waals surface area contributed by atoms with Crippen LogP contribution in [0, 0.1) is 26.7 Å². The molecule has 0 saturated heterocycles. The van der Waals surface area contributed by atoms with E-state index >= 15 is 0 Å². The maximum atomic E-state index is 13.2. The van der Waals surface area contributed by atoms with E-state index in [0.29, 0.717) is 33.8 Å². The first-order valence-electron chi connectivity index (χ1n) is 10.7. The highest BCUT2D eigenvalue weighted by Gasteiger charge is 2.27. The number of carbonyl (C=O) groups excluding carboxylic acids is 2. The van der Waals surface area contributed by atoms with E-state index in [1.165, 1.54) is 4.90 Å². The van der Waals surface area contributed by atoms with E-state index in [4.69, 9.17) is 27.9 Å². The van der Waals surface area contributed by atoms with Crippen LogP contribution in [0.4, 0.5) is 0 Å². The van der Waals surface area contributed by atoms with Crippen molar-refractivity contribution in [1.29, 1.82) is 0 Å². The molecule has 0 unspecified atom stereocenters. The second-order valence-corrected chi connectivity index (χ2v) is 9.41. The summed E-state index contributed by atoms with van der Waals surface area (Å²) in [6.07, 6.45) is 0. The Hall–Kier alpha value is -2.24. The second-order valence-electron chi connectivity index (χ2n) is 8.57. The lowest BCUT2D eigenvalue weighted by Gasteiger charge is -2.29. The predicted octanol–water partition coefficient (Wildman–Crippen LogP) is 5.49. The molecular formula is C25H32Cl2N2O3. The summed E-state index contributed by atoms with van der Waals surface area (Å²) in [4.78, 5) is 27.4. The first-order chi connectivity index (χ1) is 15.0. The number of aryl methyl sites for hydroxylation is 2. The lowest BCUT2D eigenvalue weighted by Crippen LogP contribution is -2.49. The highest BCUT2D eigenvalue weighted by Crippen LogP contribution is 2.25. The molecule has 2 aromatic carbocycles. The Morgan fingerprint density at radius 2 is 1.75 bits per heavy atom. The van der Waals surface area contributed by atoms with Crippen LogP contribution in [-0.4, -0.2) is 35.9 Å². The molecule has 1 atom stereocenters. The van der Waals surface area contributed by atoms with Gasteiger partial charge in [-0.25, -0.2) is 0 Å². The number of rotatable bonds is 9. The third-order valence-electron chi connectivity index (χ3n) is 5.32. The van der Waals surface area contributed by atoms with Gasteiger partial charge in [-0.3, -0.25) is 9.59 Å². The number of nitrogens with one attached hydrogen (secondary N) is 1. The molecule has 0 aliphatic carbocycles. The maximum Gasteiger partial charge on any atom is 0.261 e. The van der Waals surface area contributed by atoms with Crippen LogP contribution in [0.1, 0.15) is 43.0 Å². The minimum atomic E-state index is -0.697. The number of halogens is 2. The van der Waals surface area contributed by atoms with E-state index in [0.717, 1.165) is 16.7 Å². The number of nitrogens with zero attached hydrogens (tertiary/aromatic N) is 1. The molecule has 0 fully saturated rings. The minimum absolute atomic E-state index is 0.167. The number of benzene rings is 2. The van der Waals surface area contributed by atoms with Crippen molar-refractivity contribution in [2.45, 2.75) is 54.1 Å². The summed E-state index contributed by atoms with van der Waals surface area (Å²) >= 11 is 12.3. The Kier molecular flexibility index (Phi) is 9.41. The van der Waals surface area contributed by atoms with Gasteiger partial charge in [-0.15, -0.1) is 0 Å². The zero-order valence-corrected chi connectivity index (χ0v) is 21.1. The molecule has 0 aliphatic heterocycles. The number of ether oxygens (including phenoxy) is 1. The van der Waals surface area contributed by atoms with Gasteiger partial charge in [0.2, 0.25) is 5.91 Å². The van der Waals surface area contributed by atoms with Crippen LogP contribution in [0.2, 0.25) is 10.0 Å². The summed E-state index contributed by atoms with van der Waals surface area (Å²) < 4.78 is 5.88. The van der Waals surface area contributed by atoms with Crippen molar-refractivity contribution in [3.8, 4) is 5.75 Å². The third-order valence-corrected chi connectivity index (χ3v) is 5.91. The molecule has 0 heterocycles. The molecule has 174 valence electrons. The van der Waals surface area contributed by atoms with E-state index in [2.05, 4.69) is 11.4 Å². The van der Waals surface area contributed by atoms with Crippen molar-refractivity contribution in [3.63, 3.8) is 0 Å². The van der Waals surface area contributed by atoms with Crippen LogP contribution in [0.5, 0.6) is 5.75 Å². The summed E-state index contributed by atoms with van der Waals surface area (Å²) in [6, 6.07) is 8.38. The Labute approximate surface area is 201 Å². The summed E-state index contributed by atoms with van der Waals surface area (Å²) in [7, 11) is 0. The standard InChI is InChI=1S/C25H32Cl2N2O3/c1-15(2)12-28-25(31)19(6)29(13-20-7-8-21(26)11-22(20)27)24(30)14-32-23-10-16(3)9-17(4)18(23)5/h7-11,15,19H,12-14H2,1-6H3,(H,28,31)/t19-/m0/s1. The Morgan fingerprint density at radius 3 is 2.38 bits per heavy atom. The first-order valence-corrected chi connectivity index (χ1v) is 11.5. The monoisotopic (exact) mass is 478 g/mol. The SMILES string of the molecule is Cc1cc(C)c(C)c(OCC(=O)N(Cc2ccc(Cl)cc2Cl)[C@@H](C)C(=O)NCC(C)C)c1. The molecule has 0 radical (unpaired) electrons. The number of hydrogen-bond donors (Lipinski definition) is 1. The average molecular weight is 479 g/mol. The maximum absolute atomic E-state index is 13.2. The molecule has 5 nitrogen and oxygen atoms in total. The lowest BCUT2D eigenvalue weighted by molar-refractivity contribution is -0.142. The van der Waals surface area contributed by atoms with Crippen molar-refractivity contribution < 1.29 is 14.3 Å². The van der Waals surface area contributed by atoms with Gasteiger partial charge in [0.1, 0.15) is 11.8 Å². The molecule has 7 heteroatoms. The van der Waals surface area contributed by atoms with Gasteiger partial charge in [-0.1, -0.05) is 49.2 Å². The fourth-order valence-corrected chi connectivity index (χ4v) is 3.71. The van der Waals surface area contributed by atoms with Gasteiger partial charge in [-0.2, -0.15) is 0 Å². The fraction of sp³-hybridized carbons (Fsp3) is 0.440. The van der Waals surface area contributed by atoms with E-state index in [1.807, 2.05) is 40.7 Å². The van der Waals surface area contributed by atoms with Gasteiger partial charge in [0, 0.05) is 23.1 Å². The fourth-order valence-electron chi connectivity index (χ4n) is 3.24. The van der Waals surface area contributed by atoms with Crippen LogP contribution in [0.3, 0.4) is 0 Å². The Morgan fingerprint density at radius 1 is 1.06 bits per heavy atom. The van der Waals surface area contributed by atoms with Crippen molar-refractivity contribution in [2.75, 3.05) is 13.2 Å². The summed E-state index contributed by atoms with van der Waals surface area (Å²) in [5.41, 5.74) is 3.84. The van der Waals surface area contributed by atoms with Crippen LogP contribution < -0.4 is 10.1 Å². The lowest BCUT2D eigenvalue weighted by atomic mass is 10.1. The van der Waals surface area contributed by atoms with Gasteiger partial charge >= 0.3 is 0 Å². The number of amides is 2. The molecule has 2 rings (SSSR count). The molecular weight excluding hydrogens is 447 g/mol. The van der Waals surface area contributed by atoms with Crippen LogP contribution in [-0.2, 0) is 16.1 Å². The van der Waals surface area contributed by atoms with E-state index in [1.54, 1.807) is 25.1 Å². The molecule has 0 aromatic heterocycles. The molecule has 0 bridgehead atoms. The molecule has 2 amide bonds. The van der Waals surface area contributed by atoms with Crippen molar-refractivity contribution in [1.82, 2.24) is 10.2 Å². The number of hydrogen-bond acceptors (Lipinski definition) is 3. The van der Waals surface area contributed by atoms with Gasteiger partial charge in [0.25, 0.3) is 5.91 Å². The van der Waals surface area contributed by atoms with E-state index < -0.39 is 6.04 Å². The smallest absolute Gasteiger partial charge is 0.261 e. The molecule has 0 spiro atoms. The summed E-state index contributed by atoms with van der Waals surface area (Å²) in [5.74, 6) is 0.440.